The summed E-state index contributed by atoms with van der Waals surface area (Å²) >= 11 is 1.06. The number of hydrogen-bond donors (Lipinski definition) is 2. The first kappa shape index (κ1) is 20.0. The van der Waals surface area contributed by atoms with Crippen molar-refractivity contribution in [3.05, 3.63) is 47.6 Å². The number of ether oxygens (including phenoxy) is 1. The molecule has 0 fully saturated rings. The molecule has 1 heterocycles. The van der Waals surface area contributed by atoms with Gasteiger partial charge in [-0.3, -0.25) is 9.59 Å². The molecule has 0 saturated carbocycles. The third kappa shape index (κ3) is 5.90. The van der Waals surface area contributed by atoms with Gasteiger partial charge in [0, 0.05) is 12.2 Å². The molecule has 1 aromatic carbocycles. The summed E-state index contributed by atoms with van der Waals surface area (Å²) in [5, 5.41) is 4.11. The van der Waals surface area contributed by atoms with Crippen molar-refractivity contribution in [2.75, 3.05) is 11.9 Å². The van der Waals surface area contributed by atoms with E-state index in [0.29, 0.717) is 5.69 Å². The number of thiophene rings is 1. The van der Waals surface area contributed by atoms with E-state index in [-0.39, 0.29) is 17.2 Å². The molecular formula is C16H17FN2O5S2. The number of esters is 1. The molecule has 1 amide bonds. The van der Waals surface area contributed by atoms with Crippen molar-refractivity contribution < 1.29 is 27.1 Å². The van der Waals surface area contributed by atoms with Crippen LogP contribution in [0.1, 0.15) is 13.3 Å². The minimum absolute atomic E-state index is 0.147. The molecule has 1 atom stereocenters. The Kier molecular flexibility index (Phi) is 6.83. The second-order valence-electron chi connectivity index (χ2n) is 5.21. The Hall–Kier alpha value is -2.30. The topological polar surface area (TPSA) is 102 Å². The molecule has 0 aliphatic carbocycles. The summed E-state index contributed by atoms with van der Waals surface area (Å²) < 4.78 is 44.0. The van der Waals surface area contributed by atoms with Crippen LogP contribution in [0.2, 0.25) is 0 Å². The third-order valence-corrected chi connectivity index (χ3v) is 6.03. The van der Waals surface area contributed by atoms with Crippen LogP contribution in [0.3, 0.4) is 0 Å². The number of halogens is 1. The molecule has 2 rings (SSSR count). The van der Waals surface area contributed by atoms with Gasteiger partial charge in [0.2, 0.25) is 10.0 Å². The molecule has 0 radical (unpaired) electrons. The third-order valence-electron chi connectivity index (χ3n) is 3.17. The van der Waals surface area contributed by atoms with Gasteiger partial charge in [-0.2, -0.15) is 0 Å². The molecule has 0 aliphatic heterocycles. The van der Waals surface area contributed by atoms with E-state index in [4.69, 9.17) is 4.74 Å². The van der Waals surface area contributed by atoms with E-state index in [1.807, 2.05) is 0 Å². The number of benzene rings is 1. The van der Waals surface area contributed by atoms with E-state index >= 15 is 0 Å². The zero-order valence-electron chi connectivity index (χ0n) is 13.8. The first-order valence-corrected chi connectivity index (χ1v) is 9.93. The Morgan fingerprint density at radius 2 is 1.92 bits per heavy atom. The van der Waals surface area contributed by atoms with Crippen molar-refractivity contribution in [1.29, 1.82) is 0 Å². The highest BCUT2D eigenvalue weighted by Gasteiger charge is 2.19. The first-order chi connectivity index (χ1) is 12.3. The van der Waals surface area contributed by atoms with Gasteiger partial charge in [-0.25, -0.2) is 17.5 Å². The van der Waals surface area contributed by atoms with Gasteiger partial charge in [0.25, 0.3) is 5.91 Å². The van der Waals surface area contributed by atoms with Crippen LogP contribution in [0.4, 0.5) is 10.1 Å². The number of anilines is 1. The highest BCUT2D eigenvalue weighted by Crippen LogP contribution is 2.15. The molecule has 7 nitrogen and oxygen atoms in total. The molecule has 140 valence electrons. The second kappa shape index (κ2) is 8.88. The van der Waals surface area contributed by atoms with E-state index in [9.17, 15) is 22.4 Å². The van der Waals surface area contributed by atoms with Crippen LogP contribution in [-0.2, 0) is 24.3 Å². The summed E-state index contributed by atoms with van der Waals surface area (Å²) in [5.41, 5.74) is 0.364. The molecule has 2 N–H and O–H groups in total. The van der Waals surface area contributed by atoms with Crippen molar-refractivity contribution in [3.63, 3.8) is 0 Å². The van der Waals surface area contributed by atoms with Crippen LogP contribution in [0.5, 0.6) is 0 Å². The smallest absolute Gasteiger partial charge is 0.307 e. The summed E-state index contributed by atoms with van der Waals surface area (Å²) in [7, 11) is -3.65. The number of rotatable bonds is 8. The summed E-state index contributed by atoms with van der Waals surface area (Å²) in [6, 6.07) is 8.18. The van der Waals surface area contributed by atoms with Gasteiger partial charge >= 0.3 is 5.97 Å². The van der Waals surface area contributed by atoms with E-state index in [2.05, 4.69) is 10.0 Å². The van der Waals surface area contributed by atoms with Crippen molar-refractivity contribution in [3.8, 4) is 0 Å². The maximum absolute atomic E-state index is 12.8. The van der Waals surface area contributed by atoms with Crippen molar-refractivity contribution >= 4 is 38.9 Å². The monoisotopic (exact) mass is 400 g/mol. The average molecular weight is 400 g/mol. The Labute approximate surface area is 154 Å². The minimum Gasteiger partial charge on any atom is -0.452 e. The van der Waals surface area contributed by atoms with Gasteiger partial charge in [-0.15, -0.1) is 11.3 Å². The van der Waals surface area contributed by atoms with E-state index in [1.54, 1.807) is 11.4 Å². The number of amides is 1. The molecule has 0 bridgehead atoms. The van der Waals surface area contributed by atoms with Gasteiger partial charge in [0.05, 0.1) is 6.42 Å². The predicted molar refractivity (Wildman–Crippen MR) is 94.7 cm³/mol. The Bertz CT molecular complexity index is 851. The van der Waals surface area contributed by atoms with Crippen molar-refractivity contribution in [1.82, 2.24) is 4.72 Å². The summed E-state index contributed by atoms with van der Waals surface area (Å²) in [5.74, 6) is -1.74. The summed E-state index contributed by atoms with van der Waals surface area (Å²) in [6.45, 7) is 1.23. The Morgan fingerprint density at radius 1 is 1.23 bits per heavy atom. The van der Waals surface area contributed by atoms with Crippen LogP contribution in [0.15, 0.2) is 46.0 Å². The number of hydrogen-bond acceptors (Lipinski definition) is 6. The number of nitrogens with one attached hydrogen (secondary N) is 2. The van der Waals surface area contributed by atoms with E-state index in [0.717, 1.165) is 11.3 Å². The zero-order chi connectivity index (χ0) is 19.2. The lowest BCUT2D eigenvalue weighted by Gasteiger charge is -2.13. The Balaban J connectivity index is 1.76. The van der Waals surface area contributed by atoms with Crippen LogP contribution in [0.25, 0.3) is 0 Å². The van der Waals surface area contributed by atoms with Crippen molar-refractivity contribution in [2.24, 2.45) is 0 Å². The van der Waals surface area contributed by atoms with Gasteiger partial charge < -0.3 is 10.1 Å². The standard InChI is InChI=1S/C16H17FN2O5S2/c1-11(16(21)19-13-6-4-12(17)5-7-13)24-14(20)8-9-18-26(22,23)15-3-2-10-25-15/h2-7,10-11,18H,8-9H2,1H3,(H,19,21)/t11-/m0/s1. The van der Waals surface area contributed by atoms with Crippen LogP contribution in [0, 0.1) is 5.82 Å². The Morgan fingerprint density at radius 3 is 2.54 bits per heavy atom. The first-order valence-electron chi connectivity index (χ1n) is 7.57. The number of carbonyl (C=O) groups is 2. The van der Waals surface area contributed by atoms with E-state index < -0.39 is 33.8 Å². The summed E-state index contributed by atoms with van der Waals surface area (Å²) in [4.78, 5) is 23.7. The largest absolute Gasteiger partial charge is 0.452 e. The highest BCUT2D eigenvalue weighted by atomic mass is 32.2. The molecule has 0 unspecified atom stereocenters. The molecule has 1 aromatic heterocycles. The molecule has 0 aliphatic rings. The second-order valence-corrected chi connectivity index (χ2v) is 8.15. The summed E-state index contributed by atoms with van der Waals surface area (Å²) in [6.07, 6.45) is -1.31. The lowest BCUT2D eigenvalue weighted by molar-refractivity contribution is -0.152. The lowest BCUT2D eigenvalue weighted by Crippen LogP contribution is -2.32. The van der Waals surface area contributed by atoms with E-state index in [1.165, 1.54) is 37.3 Å². The van der Waals surface area contributed by atoms with Crippen LogP contribution >= 0.6 is 11.3 Å². The predicted octanol–water partition coefficient (Wildman–Crippen LogP) is 2.13. The molecule has 0 spiro atoms. The quantitative estimate of drug-likeness (QED) is 0.661. The van der Waals surface area contributed by atoms with Gasteiger partial charge in [-0.05, 0) is 42.6 Å². The zero-order valence-corrected chi connectivity index (χ0v) is 15.4. The minimum atomic E-state index is -3.65. The fourth-order valence-electron chi connectivity index (χ4n) is 1.86. The van der Waals surface area contributed by atoms with Gasteiger partial charge in [0.15, 0.2) is 6.10 Å². The van der Waals surface area contributed by atoms with Crippen LogP contribution in [-0.4, -0.2) is 32.9 Å². The molecule has 0 saturated heterocycles. The molecule has 10 heteroatoms. The highest BCUT2D eigenvalue weighted by molar-refractivity contribution is 7.91. The van der Waals surface area contributed by atoms with Gasteiger partial charge in [0.1, 0.15) is 10.0 Å². The molecule has 2 aromatic rings. The molecule has 26 heavy (non-hydrogen) atoms. The normalized spacial score (nSPS) is 12.4. The maximum Gasteiger partial charge on any atom is 0.307 e. The lowest BCUT2D eigenvalue weighted by atomic mass is 10.3. The number of sulfonamides is 1. The van der Waals surface area contributed by atoms with Gasteiger partial charge in [-0.1, -0.05) is 6.07 Å². The maximum atomic E-state index is 12.8. The van der Waals surface area contributed by atoms with Crippen molar-refractivity contribution in [2.45, 2.75) is 23.7 Å². The molecular weight excluding hydrogens is 383 g/mol. The fourth-order valence-corrected chi connectivity index (χ4v) is 3.93. The average Bonchev–Trinajstić information content (AvgIpc) is 3.12. The number of carbonyl (C=O) groups excluding carboxylic acids is 2. The van der Waals surface area contributed by atoms with Crippen LogP contribution < -0.4 is 10.0 Å². The fraction of sp³-hybridized carbons (Fsp3) is 0.250. The SMILES string of the molecule is C[C@H](OC(=O)CCNS(=O)(=O)c1cccs1)C(=O)Nc1ccc(F)cc1.